The van der Waals surface area contributed by atoms with Gasteiger partial charge in [0.25, 0.3) is 0 Å². The van der Waals surface area contributed by atoms with Crippen molar-refractivity contribution >= 4 is 10.9 Å². The fourth-order valence-electron chi connectivity index (χ4n) is 2.33. The van der Waals surface area contributed by atoms with Crippen molar-refractivity contribution in [2.75, 3.05) is 6.54 Å². The van der Waals surface area contributed by atoms with Gasteiger partial charge >= 0.3 is 0 Å². The summed E-state index contributed by atoms with van der Waals surface area (Å²) < 4.78 is 2.14. The smallest absolute Gasteiger partial charge is 0.105 e. The number of aromatic nitrogens is 3. The Morgan fingerprint density at radius 2 is 2.05 bits per heavy atom. The molecule has 0 spiro atoms. The monoisotopic (exact) mass is 252 g/mol. The number of nitrogens with two attached hydrogens (primary N) is 1. The van der Waals surface area contributed by atoms with Crippen LogP contribution in [0.2, 0.25) is 0 Å². The Hall–Kier alpha value is -2.20. The lowest BCUT2D eigenvalue weighted by Gasteiger charge is -2.05. The number of hydrogen-bond donors (Lipinski definition) is 1. The molecule has 0 saturated carbocycles. The molecule has 3 rings (SSSR count). The first kappa shape index (κ1) is 11.9. The number of aryl methyl sites for hydroxylation is 1. The maximum Gasteiger partial charge on any atom is 0.105 e. The van der Waals surface area contributed by atoms with Crippen LogP contribution in [0.3, 0.4) is 0 Å². The van der Waals surface area contributed by atoms with Gasteiger partial charge in [-0.1, -0.05) is 18.2 Å². The Labute approximate surface area is 111 Å². The summed E-state index contributed by atoms with van der Waals surface area (Å²) >= 11 is 0. The third kappa shape index (κ3) is 2.11. The number of nitrogens with zero attached hydrogens (tertiary/aromatic N) is 3. The molecule has 0 amide bonds. The summed E-state index contributed by atoms with van der Waals surface area (Å²) in [4.78, 5) is 8.89. The first-order chi connectivity index (χ1) is 9.29. The summed E-state index contributed by atoms with van der Waals surface area (Å²) in [5.41, 5.74) is 9.67. The number of hydrogen-bond acceptors (Lipinski definition) is 3. The fraction of sp³-hybridized carbons (Fsp3) is 0.200. The van der Waals surface area contributed by atoms with Crippen LogP contribution in [0.4, 0.5) is 0 Å². The first-order valence-electron chi connectivity index (χ1n) is 6.35. The summed E-state index contributed by atoms with van der Waals surface area (Å²) in [6.45, 7) is 0.591. The van der Waals surface area contributed by atoms with Crippen LogP contribution in [-0.2, 0) is 13.5 Å². The second-order valence-electron chi connectivity index (χ2n) is 4.58. The SMILES string of the molecule is Cn1c(-c2cncc(CCN)n2)cc2ccccc21. The minimum Gasteiger partial charge on any atom is -0.342 e. The van der Waals surface area contributed by atoms with Crippen molar-refractivity contribution in [3.05, 3.63) is 48.4 Å². The maximum atomic E-state index is 5.57. The van der Waals surface area contributed by atoms with Crippen molar-refractivity contribution in [3.8, 4) is 11.4 Å². The molecule has 96 valence electrons. The van der Waals surface area contributed by atoms with Crippen LogP contribution < -0.4 is 5.73 Å². The van der Waals surface area contributed by atoms with Crippen molar-refractivity contribution in [2.24, 2.45) is 12.8 Å². The largest absolute Gasteiger partial charge is 0.342 e. The summed E-state index contributed by atoms with van der Waals surface area (Å²) in [6, 6.07) is 10.4. The third-order valence-electron chi connectivity index (χ3n) is 3.30. The molecule has 0 saturated heterocycles. The lowest BCUT2D eigenvalue weighted by molar-refractivity contribution is 0.900. The molecule has 0 aliphatic rings. The van der Waals surface area contributed by atoms with Gasteiger partial charge in [-0.2, -0.15) is 0 Å². The van der Waals surface area contributed by atoms with Crippen molar-refractivity contribution in [1.29, 1.82) is 0 Å². The number of fused-ring (bicyclic) bond motifs is 1. The normalized spacial score (nSPS) is 11.1. The molecule has 1 aromatic carbocycles. The van der Waals surface area contributed by atoms with Gasteiger partial charge in [-0.15, -0.1) is 0 Å². The molecular weight excluding hydrogens is 236 g/mol. The predicted molar refractivity (Wildman–Crippen MR) is 76.7 cm³/mol. The molecule has 2 aromatic heterocycles. The van der Waals surface area contributed by atoms with Crippen LogP contribution in [-0.4, -0.2) is 21.1 Å². The Morgan fingerprint density at radius 1 is 1.21 bits per heavy atom. The van der Waals surface area contributed by atoms with E-state index in [2.05, 4.69) is 39.8 Å². The van der Waals surface area contributed by atoms with Crippen LogP contribution in [0.25, 0.3) is 22.3 Å². The van der Waals surface area contributed by atoms with Crippen LogP contribution in [0.5, 0.6) is 0 Å². The Bertz CT molecular complexity index is 715. The number of benzene rings is 1. The van der Waals surface area contributed by atoms with Gasteiger partial charge in [-0.25, -0.2) is 4.98 Å². The summed E-state index contributed by atoms with van der Waals surface area (Å²) in [5, 5.41) is 1.21. The average Bonchev–Trinajstić information content (AvgIpc) is 2.78. The van der Waals surface area contributed by atoms with Gasteiger partial charge in [0.1, 0.15) is 5.69 Å². The highest BCUT2D eigenvalue weighted by molar-refractivity contribution is 5.86. The molecule has 19 heavy (non-hydrogen) atoms. The standard InChI is InChI=1S/C15H16N4/c1-19-14-5-3-2-4-11(14)8-15(19)13-10-17-9-12(18-13)6-7-16/h2-5,8-10H,6-7,16H2,1H3. The molecule has 2 heterocycles. The van der Waals surface area contributed by atoms with Crippen LogP contribution >= 0.6 is 0 Å². The molecule has 0 fully saturated rings. The second-order valence-corrected chi connectivity index (χ2v) is 4.58. The number of para-hydroxylation sites is 1. The Balaban J connectivity index is 2.13. The molecular formula is C15H16N4. The molecule has 0 bridgehead atoms. The highest BCUT2D eigenvalue weighted by Crippen LogP contribution is 2.25. The third-order valence-corrected chi connectivity index (χ3v) is 3.30. The van der Waals surface area contributed by atoms with Crippen LogP contribution in [0, 0.1) is 0 Å². The topological polar surface area (TPSA) is 56.7 Å². The van der Waals surface area contributed by atoms with Crippen molar-refractivity contribution < 1.29 is 0 Å². The molecule has 0 radical (unpaired) electrons. The zero-order chi connectivity index (χ0) is 13.2. The van der Waals surface area contributed by atoms with Gasteiger partial charge in [0.05, 0.1) is 17.6 Å². The Kier molecular flexibility index (Phi) is 3.01. The van der Waals surface area contributed by atoms with Crippen LogP contribution in [0.1, 0.15) is 5.69 Å². The van der Waals surface area contributed by atoms with E-state index in [1.807, 2.05) is 12.1 Å². The Morgan fingerprint density at radius 3 is 2.84 bits per heavy atom. The van der Waals surface area contributed by atoms with Gasteiger partial charge < -0.3 is 10.3 Å². The van der Waals surface area contributed by atoms with E-state index in [4.69, 9.17) is 5.73 Å². The first-order valence-corrected chi connectivity index (χ1v) is 6.35. The molecule has 0 atom stereocenters. The van der Waals surface area contributed by atoms with Crippen LogP contribution in [0.15, 0.2) is 42.7 Å². The zero-order valence-corrected chi connectivity index (χ0v) is 10.9. The fourth-order valence-corrected chi connectivity index (χ4v) is 2.33. The summed E-state index contributed by atoms with van der Waals surface area (Å²) in [7, 11) is 2.05. The molecule has 4 heteroatoms. The van der Waals surface area contributed by atoms with E-state index in [1.165, 1.54) is 10.9 Å². The lowest BCUT2D eigenvalue weighted by Crippen LogP contribution is -2.05. The number of rotatable bonds is 3. The van der Waals surface area contributed by atoms with Gasteiger partial charge in [0.2, 0.25) is 0 Å². The van der Waals surface area contributed by atoms with E-state index < -0.39 is 0 Å². The van der Waals surface area contributed by atoms with Crippen molar-refractivity contribution in [1.82, 2.24) is 14.5 Å². The van der Waals surface area contributed by atoms with E-state index in [1.54, 1.807) is 12.4 Å². The minimum absolute atomic E-state index is 0.591. The van der Waals surface area contributed by atoms with E-state index >= 15 is 0 Å². The predicted octanol–water partition coefficient (Wildman–Crippen LogP) is 2.14. The van der Waals surface area contributed by atoms with E-state index in [-0.39, 0.29) is 0 Å². The molecule has 0 aliphatic carbocycles. The van der Waals surface area contributed by atoms with E-state index in [0.29, 0.717) is 6.54 Å². The molecule has 0 aliphatic heterocycles. The van der Waals surface area contributed by atoms with Gasteiger partial charge in [0.15, 0.2) is 0 Å². The highest BCUT2D eigenvalue weighted by atomic mass is 15.0. The summed E-state index contributed by atoms with van der Waals surface area (Å²) in [6.07, 6.45) is 4.33. The quantitative estimate of drug-likeness (QED) is 0.777. The lowest BCUT2D eigenvalue weighted by atomic mass is 10.2. The zero-order valence-electron chi connectivity index (χ0n) is 10.9. The second kappa shape index (κ2) is 4.82. The highest BCUT2D eigenvalue weighted by Gasteiger charge is 2.09. The molecule has 0 unspecified atom stereocenters. The summed E-state index contributed by atoms with van der Waals surface area (Å²) in [5.74, 6) is 0. The minimum atomic E-state index is 0.591. The van der Waals surface area contributed by atoms with Crippen molar-refractivity contribution in [2.45, 2.75) is 6.42 Å². The van der Waals surface area contributed by atoms with E-state index in [9.17, 15) is 0 Å². The van der Waals surface area contributed by atoms with E-state index in [0.717, 1.165) is 23.5 Å². The molecule has 3 aromatic rings. The van der Waals surface area contributed by atoms with Crippen molar-refractivity contribution in [3.63, 3.8) is 0 Å². The average molecular weight is 252 g/mol. The van der Waals surface area contributed by atoms with Gasteiger partial charge in [-0.05, 0) is 18.7 Å². The maximum absolute atomic E-state index is 5.57. The van der Waals surface area contributed by atoms with Gasteiger partial charge in [-0.3, -0.25) is 4.98 Å². The molecule has 4 nitrogen and oxygen atoms in total. The van der Waals surface area contributed by atoms with Gasteiger partial charge in [0, 0.05) is 30.6 Å². The molecule has 2 N–H and O–H groups in total.